The molecule has 0 aliphatic rings. The zero-order chi connectivity index (χ0) is 16.1. The minimum atomic E-state index is -0.706. The summed E-state index contributed by atoms with van der Waals surface area (Å²) in [5, 5.41) is 2.67. The quantitative estimate of drug-likeness (QED) is 0.889. The number of carbonyl (C=O) groups is 2. The summed E-state index contributed by atoms with van der Waals surface area (Å²) < 4.78 is 5.65. The van der Waals surface area contributed by atoms with Crippen molar-refractivity contribution in [1.29, 1.82) is 0 Å². The fourth-order valence-corrected chi connectivity index (χ4v) is 1.97. The molecule has 0 saturated carbocycles. The number of hydrogen-bond donors (Lipinski definition) is 2. The van der Waals surface area contributed by atoms with Gasteiger partial charge in [0.1, 0.15) is 5.75 Å². The maximum absolute atomic E-state index is 12.2. The lowest BCUT2D eigenvalue weighted by atomic mass is 10.1. The van der Waals surface area contributed by atoms with Crippen molar-refractivity contribution in [1.82, 2.24) is 0 Å². The van der Waals surface area contributed by atoms with Gasteiger partial charge in [0.15, 0.2) is 6.10 Å². The molecular weight excluding hydrogens is 280 g/mol. The average molecular weight is 298 g/mol. The Balaban J connectivity index is 2.09. The normalized spacial score (nSPS) is 11.5. The lowest BCUT2D eigenvalue weighted by Gasteiger charge is -2.17. The molecule has 0 aliphatic carbocycles. The third-order valence-electron chi connectivity index (χ3n) is 3.22. The van der Waals surface area contributed by atoms with Crippen LogP contribution in [-0.2, 0) is 4.79 Å². The molecule has 22 heavy (non-hydrogen) atoms. The van der Waals surface area contributed by atoms with Gasteiger partial charge in [0, 0.05) is 0 Å². The number of nitrogens with two attached hydrogens (primary N) is 1. The van der Waals surface area contributed by atoms with E-state index in [2.05, 4.69) is 5.32 Å². The van der Waals surface area contributed by atoms with E-state index in [0.29, 0.717) is 11.4 Å². The summed E-state index contributed by atoms with van der Waals surface area (Å²) >= 11 is 0. The minimum Gasteiger partial charge on any atom is -0.481 e. The van der Waals surface area contributed by atoms with Crippen LogP contribution in [0.25, 0.3) is 0 Å². The molecule has 0 aromatic heterocycles. The van der Waals surface area contributed by atoms with Crippen LogP contribution in [0.3, 0.4) is 0 Å². The molecule has 0 bridgehead atoms. The van der Waals surface area contributed by atoms with Gasteiger partial charge in [-0.2, -0.15) is 0 Å². The van der Waals surface area contributed by atoms with Crippen molar-refractivity contribution in [2.75, 3.05) is 5.32 Å². The third-order valence-corrected chi connectivity index (χ3v) is 3.22. The van der Waals surface area contributed by atoms with Crippen LogP contribution >= 0.6 is 0 Å². The van der Waals surface area contributed by atoms with Gasteiger partial charge >= 0.3 is 0 Å². The molecule has 1 atom stereocenters. The van der Waals surface area contributed by atoms with Crippen LogP contribution in [0.1, 0.15) is 22.8 Å². The summed E-state index contributed by atoms with van der Waals surface area (Å²) in [6.07, 6.45) is -0.706. The number of carbonyl (C=O) groups excluding carboxylic acids is 2. The second-order valence-electron chi connectivity index (χ2n) is 4.92. The van der Waals surface area contributed by atoms with E-state index in [4.69, 9.17) is 10.5 Å². The first kappa shape index (κ1) is 15.6. The summed E-state index contributed by atoms with van der Waals surface area (Å²) in [5.74, 6) is -0.298. The number of amides is 2. The van der Waals surface area contributed by atoms with E-state index < -0.39 is 12.0 Å². The van der Waals surface area contributed by atoms with Gasteiger partial charge in [-0.1, -0.05) is 30.3 Å². The average Bonchev–Trinajstić information content (AvgIpc) is 2.49. The van der Waals surface area contributed by atoms with Gasteiger partial charge in [-0.3, -0.25) is 9.59 Å². The molecule has 0 heterocycles. The molecule has 2 amide bonds. The molecule has 5 heteroatoms. The number of ether oxygens (including phenoxy) is 1. The Bertz CT molecular complexity index is 698. The number of primary amides is 1. The number of nitrogens with one attached hydrogen (secondary N) is 1. The highest BCUT2D eigenvalue weighted by molar-refractivity contribution is 6.03. The van der Waals surface area contributed by atoms with E-state index >= 15 is 0 Å². The Morgan fingerprint density at radius 2 is 1.73 bits per heavy atom. The first-order valence-corrected chi connectivity index (χ1v) is 6.91. The molecule has 0 fully saturated rings. The molecule has 2 rings (SSSR count). The summed E-state index contributed by atoms with van der Waals surface area (Å²) in [4.78, 5) is 23.6. The van der Waals surface area contributed by atoms with Crippen molar-refractivity contribution in [2.24, 2.45) is 5.73 Å². The Labute approximate surface area is 129 Å². The number of aryl methyl sites for hydroxylation is 1. The number of benzene rings is 2. The summed E-state index contributed by atoms with van der Waals surface area (Å²) in [6, 6.07) is 14.0. The Hall–Kier alpha value is -2.82. The van der Waals surface area contributed by atoms with E-state index in [9.17, 15) is 9.59 Å². The van der Waals surface area contributed by atoms with E-state index in [0.717, 1.165) is 5.56 Å². The fraction of sp³-hybridized carbons (Fsp3) is 0.176. The lowest BCUT2D eigenvalue weighted by Crippen LogP contribution is -2.31. The first-order chi connectivity index (χ1) is 10.5. The molecule has 0 saturated heterocycles. The fourth-order valence-electron chi connectivity index (χ4n) is 1.97. The van der Waals surface area contributed by atoms with Gasteiger partial charge in [-0.25, -0.2) is 0 Å². The van der Waals surface area contributed by atoms with Crippen LogP contribution in [-0.4, -0.2) is 17.9 Å². The molecule has 0 spiro atoms. The third kappa shape index (κ3) is 3.63. The van der Waals surface area contributed by atoms with Crippen molar-refractivity contribution in [2.45, 2.75) is 20.0 Å². The van der Waals surface area contributed by atoms with Gasteiger partial charge in [-0.05, 0) is 37.6 Å². The topological polar surface area (TPSA) is 81.4 Å². The highest BCUT2D eigenvalue weighted by Crippen LogP contribution is 2.19. The first-order valence-electron chi connectivity index (χ1n) is 6.91. The number of hydrogen-bond acceptors (Lipinski definition) is 3. The molecule has 2 aromatic carbocycles. The molecule has 114 valence electrons. The molecule has 5 nitrogen and oxygen atoms in total. The predicted molar refractivity (Wildman–Crippen MR) is 84.9 cm³/mol. The molecule has 0 radical (unpaired) electrons. The second-order valence-corrected chi connectivity index (χ2v) is 4.92. The van der Waals surface area contributed by atoms with Crippen LogP contribution in [0.2, 0.25) is 0 Å². The van der Waals surface area contributed by atoms with E-state index in [1.54, 1.807) is 37.3 Å². The maximum Gasteiger partial charge on any atom is 0.265 e. The van der Waals surface area contributed by atoms with Crippen LogP contribution in [0.4, 0.5) is 5.69 Å². The summed E-state index contributed by atoms with van der Waals surface area (Å²) in [7, 11) is 0. The summed E-state index contributed by atoms with van der Waals surface area (Å²) in [6.45, 7) is 3.55. The lowest BCUT2D eigenvalue weighted by molar-refractivity contribution is -0.122. The zero-order valence-electron chi connectivity index (χ0n) is 12.5. The highest BCUT2D eigenvalue weighted by Gasteiger charge is 2.18. The van der Waals surface area contributed by atoms with Crippen LogP contribution in [0.15, 0.2) is 48.5 Å². The van der Waals surface area contributed by atoms with Crippen molar-refractivity contribution >= 4 is 17.5 Å². The zero-order valence-corrected chi connectivity index (χ0v) is 12.5. The van der Waals surface area contributed by atoms with Gasteiger partial charge in [0.2, 0.25) is 0 Å². The van der Waals surface area contributed by atoms with Gasteiger partial charge in [0.25, 0.3) is 11.8 Å². The van der Waals surface area contributed by atoms with Crippen LogP contribution in [0.5, 0.6) is 5.75 Å². The van der Waals surface area contributed by atoms with Crippen molar-refractivity contribution in [3.63, 3.8) is 0 Å². The monoisotopic (exact) mass is 298 g/mol. The molecule has 0 aliphatic heterocycles. The predicted octanol–water partition coefficient (Wildman–Crippen LogP) is 2.50. The van der Waals surface area contributed by atoms with E-state index in [-0.39, 0.29) is 11.5 Å². The number of para-hydroxylation sites is 2. The smallest absolute Gasteiger partial charge is 0.265 e. The summed E-state index contributed by atoms with van der Waals surface area (Å²) in [5.41, 5.74) is 6.87. The van der Waals surface area contributed by atoms with Gasteiger partial charge in [-0.15, -0.1) is 0 Å². The molecule has 3 N–H and O–H groups in total. The van der Waals surface area contributed by atoms with Crippen LogP contribution in [0, 0.1) is 6.92 Å². The van der Waals surface area contributed by atoms with E-state index in [1.807, 2.05) is 25.1 Å². The Morgan fingerprint density at radius 3 is 2.41 bits per heavy atom. The van der Waals surface area contributed by atoms with Gasteiger partial charge in [0.05, 0.1) is 11.3 Å². The van der Waals surface area contributed by atoms with E-state index in [1.165, 1.54) is 0 Å². The Morgan fingerprint density at radius 1 is 1.09 bits per heavy atom. The standard InChI is InChI=1S/C17H18N2O3/c1-11-7-3-6-10-15(11)22-12(2)17(21)19-14-9-5-4-8-13(14)16(18)20/h3-10,12H,1-2H3,(H2,18,20)(H,19,21)/t12-/m0/s1. The second kappa shape index (κ2) is 6.76. The number of rotatable bonds is 5. The number of anilines is 1. The molecular formula is C17H18N2O3. The Kier molecular flexibility index (Phi) is 4.78. The minimum absolute atomic E-state index is 0.263. The molecule has 0 unspecified atom stereocenters. The van der Waals surface area contributed by atoms with Crippen molar-refractivity contribution in [3.05, 3.63) is 59.7 Å². The highest BCUT2D eigenvalue weighted by atomic mass is 16.5. The largest absolute Gasteiger partial charge is 0.481 e. The van der Waals surface area contributed by atoms with Crippen molar-refractivity contribution < 1.29 is 14.3 Å². The SMILES string of the molecule is Cc1ccccc1O[C@@H](C)C(=O)Nc1ccccc1C(N)=O. The molecule has 2 aromatic rings. The van der Waals surface area contributed by atoms with Crippen LogP contribution < -0.4 is 15.8 Å². The van der Waals surface area contributed by atoms with Gasteiger partial charge < -0.3 is 15.8 Å². The van der Waals surface area contributed by atoms with Crippen molar-refractivity contribution in [3.8, 4) is 5.75 Å². The maximum atomic E-state index is 12.2.